The second kappa shape index (κ2) is 9.68. The number of hydrogen-bond acceptors (Lipinski definition) is 5. The number of carbonyl (C=O) groups excluding carboxylic acids is 2. The van der Waals surface area contributed by atoms with Gasteiger partial charge in [-0.05, 0) is 38.0 Å². The zero-order chi connectivity index (χ0) is 22.5. The van der Waals surface area contributed by atoms with E-state index in [-0.39, 0.29) is 32.4 Å². The van der Waals surface area contributed by atoms with E-state index in [0.717, 1.165) is 4.90 Å². The lowest BCUT2D eigenvalue weighted by molar-refractivity contribution is -0.187. The molecule has 166 valence electrons. The lowest BCUT2D eigenvalue weighted by atomic mass is 10.0. The van der Waals surface area contributed by atoms with Crippen LogP contribution >= 0.6 is 0 Å². The van der Waals surface area contributed by atoms with Crippen molar-refractivity contribution in [1.82, 2.24) is 10.2 Å². The van der Waals surface area contributed by atoms with Gasteiger partial charge in [0.2, 0.25) is 5.91 Å². The number of rotatable bonds is 9. The molecule has 2 amide bonds. The zero-order valence-electron chi connectivity index (χ0n) is 16.5. The fourth-order valence-electron chi connectivity index (χ4n) is 3.04. The third-order valence-corrected chi connectivity index (χ3v) is 4.46. The minimum absolute atomic E-state index is 0.00255. The van der Waals surface area contributed by atoms with Crippen LogP contribution in [-0.4, -0.2) is 59.4 Å². The van der Waals surface area contributed by atoms with Crippen LogP contribution in [0, 0.1) is 0 Å². The topological polar surface area (TPSA) is 105 Å². The van der Waals surface area contributed by atoms with Gasteiger partial charge in [-0.15, -0.1) is 0 Å². The van der Waals surface area contributed by atoms with Gasteiger partial charge in [-0.2, -0.15) is 13.2 Å². The maximum atomic E-state index is 12.7. The van der Waals surface area contributed by atoms with Gasteiger partial charge in [0.25, 0.3) is 6.29 Å². The Labute approximate surface area is 170 Å². The second-order valence-electron chi connectivity index (χ2n) is 6.79. The summed E-state index contributed by atoms with van der Waals surface area (Å²) in [5.41, 5.74) is 0.657. The van der Waals surface area contributed by atoms with Crippen molar-refractivity contribution in [3.63, 3.8) is 0 Å². The van der Waals surface area contributed by atoms with Gasteiger partial charge in [-0.3, -0.25) is 14.4 Å². The quantitative estimate of drug-likeness (QED) is 0.619. The molecule has 1 aliphatic heterocycles. The van der Waals surface area contributed by atoms with E-state index in [9.17, 15) is 27.6 Å². The molecule has 30 heavy (non-hydrogen) atoms. The molecule has 11 heteroatoms. The Hall–Kier alpha value is -2.98. The van der Waals surface area contributed by atoms with E-state index < -0.39 is 36.3 Å². The highest BCUT2D eigenvalue weighted by atomic mass is 19.4. The van der Waals surface area contributed by atoms with Gasteiger partial charge in [0.1, 0.15) is 0 Å². The second-order valence-corrected chi connectivity index (χ2v) is 6.79. The van der Waals surface area contributed by atoms with Crippen molar-refractivity contribution in [2.45, 2.75) is 51.6 Å². The Kier molecular flexibility index (Phi) is 7.52. The first-order valence-electron chi connectivity index (χ1n) is 9.33. The number of carboxylic acid groups (broad SMARTS) is 1. The minimum atomic E-state index is -4.93. The number of amides is 2. The van der Waals surface area contributed by atoms with Crippen LogP contribution < -0.4 is 14.8 Å². The molecule has 0 saturated heterocycles. The van der Waals surface area contributed by atoms with Crippen LogP contribution in [0.5, 0.6) is 11.5 Å². The summed E-state index contributed by atoms with van der Waals surface area (Å²) in [6, 6.07) is 4.20. The first-order chi connectivity index (χ1) is 14.0. The molecule has 0 aliphatic carbocycles. The lowest BCUT2D eigenvalue weighted by Crippen LogP contribution is -2.46. The summed E-state index contributed by atoms with van der Waals surface area (Å²) in [7, 11) is 0. The number of fused-ring (bicyclic) bond motifs is 1. The third kappa shape index (κ3) is 6.26. The van der Waals surface area contributed by atoms with E-state index in [4.69, 9.17) is 14.6 Å². The van der Waals surface area contributed by atoms with Crippen molar-refractivity contribution in [1.29, 1.82) is 0 Å². The fraction of sp³-hybridized carbons (Fsp3) is 0.526. The van der Waals surface area contributed by atoms with E-state index >= 15 is 0 Å². The highest BCUT2D eigenvalue weighted by molar-refractivity contribution is 5.82. The lowest BCUT2D eigenvalue weighted by Gasteiger charge is -2.28. The summed E-state index contributed by atoms with van der Waals surface area (Å²) < 4.78 is 49.3. The van der Waals surface area contributed by atoms with Crippen LogP contribution in [0.4, 0.5) is 13.2 Å². The number of nitrogens with zero attached hydrogens (tertiary/aromatic N) is 1. The summed E-state index contributed by atoms with van der Waals surface area (Å²) in [4.78, 5) is 34.4. The molecule has 8 nitrogen and oxygen atoms in total. The molecular weight excluding hydrogens is 409 g/mol. The first-order valence-corrected chi connectivity index (χ1v) is 9.33. The number of halogens is 3. The predicted octanol–water partition coefficient (Wildman–Crippen LogP) is 2.11. The summed E-state index contributed by atoms with van der Waals surface area (Å²) in [5.74, 6) is -2.63. The molecular formula is C19H23F3N2O6. The van der Waals surface area contributed by atoms with Crippen LogP contribution in [0.1, 0.15) is 32.3 Å². The van der Waals surface area contributed by atoms with Crippen LogP contribution in [0.3, 0.4) is 0 Å². The van der Waals surface area contributed by atoms with Crippen molar-refractivity contribution in [2.75, 3.05) is 13.1 Å². The molecule has 1 aromatic rings. The molecule has 2 rings (SSSR count). The van der Waals surface area contributed by atoms with E-state index in [1.165, 1.54) is 13.8 Å². The number of carbonyl (C=O) groups is 3. The Morgan fingerprint density at radius 3 is 2.47 bits per heavy atom. The molecule has 0 spiro atoms. The highest BCUT2D eigenvalue weighted by Gasteiger charge is 2.43. The molecule has 0 fully saturated rings. The van der Waals surface area contributed by atoms with E-state index in [2.05, 4.69) is 5.32 Å². The van der Waals surface area contributed by atoms with E-state index in [1.54, 1.807) is 18.2 Å². The van der Waals surface area contributed by atoms with Crippen LogP contribution in [-0.2, 0) is 20.8 Å². The average molecular weight is 432 g/mol. The predicted molar refractivity (Wildman–Crippen MR) is 98.0 cm³/mol. The molecule has 0 bridgehead atoms. The molecule has 1 aliphatic rings. The van der Waals surface area contributed by atoms with E-state index in [0.29, 0.717) is 17.1 Å². The zero-order valence-corrected chi connectivity index (χ0v) is 16.5. The number of ether oxygens (including phenoxy) is 2. The average Bonchev–Trinajstić information content (AvgIpc) is 3.06. The van der Waals surface area contributed by atoms with Gasteiger partial charge in [0.15, 0.2) is 11.5 Å². The van der Waals surface area contributed by atoms with Crippen LogP contribution in [0.2, 0.25) is 0 Å². The van der Waals surface area contributed by atoms with Gasteiger partial charge >= 0.3 is 18.1 Å². The molecule has 1 aromatic carbocycles. The number of alkyl halides is 3. The summed E-state index contributed by atoms with van der Waals surface area (Å²) in [6.07, 6.45) is -6.00. The standard InChI is InChI=1S/C19H23F3N2O6/c1-3-24(18(28)19(20,21)22)11(2)8-12-4-5-13-14(9-12)30-17(29-13)10-23-15(25)6-7-16(26)27/h4-5,9,11,17H,3,6-8,10H2,1-2H3,(H,23,25)(H,26,27). The Morgan fingerprint density at radius 1 is 1.20 bits per heavy atom. The van der Waals surface area contributed by atoms with Crippen molar-refractivity contribution >= 4 is 17.8 Å². The number of aliphatic carboxylic acids is 1. The van der Waals surface area contributed by atoms with Crippen molar-refractivity contribution in [3.05, 3.63) is 23.8 Å². The molecule has 0 radical (unpaired) electrons. The summed E-state index contributed by atoms with van der Waals surface area (Å²) >= 11 is 0. The summed E-state index contributed by atoms with van der Waals surface area (Å²) in [6.45, 7) is 2.94. The monoisotopic (exact) mass is 432 g/mol. The number of carboxylic acids is 1. The number of nitrogens with one attached hydrogen (secondary N) is 1. The van der Waals surface area contributed by atoms with Gasteiger partial charge in [0, 0.05) is 19.0 Å². The van der Waals surface area contributed by atoms with Gasteiger partial charge in [-0.1, -0.05) is 6.07 Å². The van der Waals surface area contributed by atoms with Gasteiger partial charge in [0.05, 0.1) is 13.0 Å². The highest BCUT2D eigenvalue weighted by Crippen LogP contribution is 2.35. The third-order valence-electron chi connectivity index (χ3n) is 4.46. The number of hydrogen-bond donors (Lipinski definition) is 2. The largest absolute Gasteiger partial charge is 0.481 e. The van der Waals surface area contributed by atoms with Gasteiger partial charge in [-0.25, -0.2) is 0 Å². The van der Waals surface area contributed by atoms with Gasteiger partial charge < -0.3 is 24.8 Å². The van der Waals surface area contributed by atoms with Crippen molar-refractivity contribution < 1.29 is 42.1 Å². The molecule has 0 saturated carbocycles. The fourth-order valence-corrected chi connectivity index (χ4v) is 3.04. The normalized spacial score (nSPS) is 16.1. The molecule has 0 aromatic heterocycles. The number of likely N-dealkylation sites (N-methyl/N-ethyl adjacent to an activating group) is 1. The molecule has 1 heterocycles. The Bertz CT molecular complexity index is 799. The van der Waals surface area contributed by atoms with Crippen molar-refractivity contribution in [2.24, 2.45) is 0 Å². The van der Waals surface area contributed by atoms with Crippen molar-refractivity contribution in [3.8, 4) is 11.5 Å². The van der Waals surface area contributed by atoms with Crippen LogP contribution in [0.25, 0.3) is 0 Å². The first kappa shape index (κ1) is 23.3. The maximum absolute atomic E-state index is 12.7. The molecule has 2 atom stereocenters. The summed E-state index contributed by atoms with van der Waals surface area (Å²) in [5, 5.41) is 11.1. The molecule has 2 unspecified atom stereocenters. The number of benzene rings is 1. The van der Waals surface area contributed by atoms with E-state index in [1.807, 2.05) is 0 Å². The Balaban J connectivity index is 1.92. The SMILES string of the molecule is CCN(C(=O)C(F)(F)F)C(C)Cc1ccc2c(c1)OC(CNC(=O)CCC(=O)O)O2. The Morgan fingerprint density at radius 2 is 1.87 bits per heavy atom. The maximum Gasteiger partial charge on any atom is 0.471 e. The van der Waals surface area contributed by atoms with Crippen LogP contribution in [0.15, 0.2) is 18.2 Å². The minimum Gasteiger partial charge on any atom is -0.481 e. The smallest absolute Gasteiger partial charge is 0.471 e. The molecule has 2 N–H and O–H groups in total.